The maximum absolute atomic E-state index is 5.78. The quantitative estimate of drug-likeness (QED) is 0.332. The summed E-state index contributed by atoms with van der Waals surface area (Å²) in [6.45, 7) is 0.920. The van der Waals surface area contributed by atoms with E-state index in [4.69, 9.17) is 11.5 Å². The molecule has 0 aromatic heterocycles. The van der Waals surface area contributed by atoms with Crippen LogP contribution in [0.1, 0.15) is 11.1 Å². The number of thiol groups is 2. The van der Waals surface area contributed by atoms with Gasteiger partial charge in [-0.05, 0) is 21.7 Å². The third-order valence-corrected chi connectivity index (χ3v) is 5.26. The molecular weight excluding hydrogens is 562 g/mol. The maximum atomic E-state index is 5.78. The summed E-state index contributed by atoms with van der Waals surface area (Å²) in [7, 11) is 5.50. The van der Waals surface area contributed by atoms with Gasteiger partial charge in [-0.2, -0.15) is 0 Å². The molecule has 154 valence electrons. The van der Waals surface area contributed by atoms with Crippen molar-refractivity contribution in [3.63, 3.8) is 0 Å². The van der Waals surface area contributed by atoms with Crippen LogP contribution in [0.4, 0.5) is 0 Å². The molecule has 2 nitrogen and oxygen atoms in total. The molecule has 4 N–H and O–H groups in total. The SMILES string of the molecule is NCc1ccc(P)c(-c2c(P)ccc(CN)c2S)c1S.[Ar].[Ar].[Ar].[Ar].[Ar].[Ar]. The first-order valence-electron chi connectivity index (χ1n) is 6.12. The van der Waals surface area contributed by atoms with Crippen LogP contribution in [-0.4, -0.2) is 0 Å². The Morgan fingerprint density at radius 1 is 0.615 bits per heavy atom. The molecule has 2 aromatic carbocycles. The van der Waals surface area contributed by atoms with Gasteiger partial charge in [-0.15, -0.1) is 43.7 Å². The summed E-state index contributed by atoms with van der Waals surface area (Å²) in [4.78, 5) is 1.79. The van der Waals surface area contributed by atoms with Crippen molar-refractivity contribution in [2.75, 3.05) is 0 Å². The molecule has 12 heteroatoms. The van der Waals surface area contributed by atoms with E-state index in [9.17, 15) is 0 Å². The zero-order valence-electron chi connectivity index (χ0n) is 13.0. The van der Waals surface area contributed by atoms with Crippen LogP contribution in [0.15, 0.2) is 34.1 Å². The predicted molar refractivity (Wildman–Crippen MR) is 101 cm³/mol. The predicted octanol–water partition coefficient (Wildman–Crippen LogP) is 1.85. The number of hydrogen-bond acceptors (Lipinski definition) is 4. The van der Waals surface area contributed by atoms with Crippen LogP contribution < -0.4 is 22.1 Å². The van der Waals surface area contributed by atoms with Gasteiger partial charge >= 0.3 is 0 Å². The fourth-order valence-corrected chi connectivity index (χ4v) is 3.98. The van der Waals surface area contributed by atoms with Gasteiger partial charge in [0.25, 0.3) is 0 Å². The van der Waals surface area contributed by atoms with Gasteiger partial charge in [0.2, 0.25) is 0 Å². The minimum atomic E-state index is 0. The van der Waals surface area contributed by atoms with Gasteiger partial charge in [-0.25, -0.2) is 0 Å². The molecule has 26 heavy (non-hydrogen) atoms. The third kappa shape index (κ3) is 11.9. The number of hydrogen-bond donors (Lipinski definition) is 4. The molecule has 0 heterocycles. The van der Waals surface area contributed by atoms with E-state index in [1.54, 1.807) is 0 Å². The molecule has 2 atom stereocenters. The second kappa shape index (κ2) is 22.9. The van der Waals surface area contributed by atoms with Gasteiger partial charge < -0.3 is 11.5 Å². The molecule has 0 aliphatic heterocycles. The van der Waals surface area contributed by atoms with Crippen LogP contribution in [0.2, 0.25) is 0 Å². The van der Waals surface area contributed by atoms with Crippen molar-refractivity contribution in [1.29, 1.82) is 0 Å². The van der Waals surface area contributed by atoms with Crippen LogP contribution in [0.25, 0.3) is 11.1 Å². The summed E-state index contributed by atoms with van der Waals surface area (Å²) in [5.74, 6) is 0. The van der Waals surface area contributed by atoms with Crippen molar-refractivity contribution in [2.45, 2.75) is 22.9 Å². The van der Waals surface area contributed by atoms with Gasteiger partial charge in [-0.1, -0.05) is 24.3 Å². The van der Waals surface area contributed by atoms with Crippen molar-refractivity contribution in [1.82, 2.24) is 0 Å². The van der Waals surface area contributed by atoms with Crippen LogP contribution in [0, 0.1) is 226 Å². The number of rotatable bonds is 3. The Balaban J connectivity index is -0.000000245. The Bertz CT molecular complexity index is 623. The van der Waals surface area contributed by atoms with Crippen LogP contribution in [0.3, 0.4) is 0 Å². The van der Waals surface area contributed by atoms with Gasteiger partial charge in [0, 0.05) is 260 Å². The fourth-order valence-electron chi connectivity index (χ4n) is 2.15. The zero-order valence-corrected chi connectivity index (χ0v) is 21.4. The molecule has 2 rings (SSSR count). The Kier molecular flexibility index (Phi) is 38.4. The third-order valence-electron chi connectivity index (χ3n) is 3.28. The fraction of sp³-hybridized carbons (Fsp3) is 0.143. The molecule has 0 amide bonds. The van der Waals surface area contributed by atoms with Crippen molar-refractivity contribution in [3.05, 3.63) is 35.4 Å². The maximum Gasteiger partial charge on any atom is 0.0189 e. The van der Waals surface area contributed by atoms with E-state index in [-0.39, 0.29) is 226 Å². The standard InChI is InChI=1S/C14H18N2P2S2.6Ar/c15-5-7-1-3-9(17)11(13(7)19)12-10(18)4-2-8(6-16)14(12)20;;;;;;/h1-4,19-20H,5-6,15-18H2;;;;;;. The molecule has 0 spiro atoms. The average molecular weight is 580 g/mol. The van der Waals surface area contributed by atoms with Crippen molar-refractivity contribution < 1.29 is 226 Å². The Morgan fingerprint density at radius 2 is 0.885 bits per heavy atom. The molecule has 0 saturated carbocycles. The Labute approximate surface area is 352 Å². The Hall–Kier alpha value is 7.48. The first-order valence-corrected chi connectivity index (χ1v) is 8.17. The second-order valence-electron chi connectivity index (χ2n) is 4.48. The normalized spacial score (nSPS) is 8.38. The summed E-state index contributed by atoms with van der Waals surface area (Å²) < 4.78 is 0. The first-order chi connectivity index (χ1) is 9.51. The van der Waals surface area contributed by atoms with E-state index in [1.165, 1.54) is 0 Å². The topological polar surface area (TPSA) is 52.0 Å². The Morgan fingerprint density at radius 3 is 1.12 bits per heavy atom. The van der Waals surface area contributed by atoms with Crippen LogP contribution >= 0.6 is 43.7 Å². The minimum Gasteiger partial charge on any atom is -0.326 e. The monoisotopic (exact) mass is 580 g/mol. The molecule has 0 aliphatic rings. The van der Waals surface area contributed by atoms with Crippen LogP contribution in [-0.2, 0) is 13.1 Å². The van der Waals surface area contributed by atoms with E-state index in [1.807, 2.05) is 24.3 Å². The molecule has 2 aromatic rings. The summed E-state index contributed by atoms with van der Waals surface area (Å²) in [6, 6.07) is 8.08. The summed E-state index contributed by atoms with van der Waals surface area (Å²) in [6.07, 6.45) is 0. The molecule has 0 bridgehead atoms. The average Bonchev–Trinajstić information content (AvgIpc) is 2.42. The van der Waals surface area contributed by atoms with Crippen molar-refractivity contribution in [3.8, 4) is 11.1 Å². The molecule has 0 saturated heterocycles. The molecule has 0 fully saturated rings. The molecular formula is C14H18Ar6N2P2S2. The van der Waals surface area contributed by atoms with Gasteiger partial charge in [0.05, 0.1) is 0 Å². The molecule has 0 aliphatic carbocycles. The molecule has 0 radical (unpaired) electrons. The van der Waals surface area contributed by atoms with Gasteiger partial charge in [-0.3, -0.25) is 0 Å². The van der Waals surface area contributed by atoms with Crippen molar-refractivity contribution >= 4 is 54.3 Å². The van der Waals surface area contributed by atoms with E-state index in [0.717, 1.165) is 42.7 Å². The first kappa shape index (κ1) is 43.5. The van der Waals surface area contributed by atoms with E-state index in [0.29, 0.717) is 13.1 Å². The summed E-state index contributed by atoms with van der Waals surface area (Å²) >= 11 is 9.33. The zero-order chi connectivity index (χ0) is 14.9. The van der Waals surface area contributed by atoms with Crippen LogP contribution in [0.5, 0.6) is 0 Å². The van der Waals surface area contributed by atoms with Gasteiger partial charge in [0.15, 0.2) is 0 Å². The van der Waals surface area contributed by atoms with E-state index >= 15 is 0 Å². The molecule has 2 unspecified atom stereocenters. The van der Waals surface area contributed by atoms with Gasteiger partial charge in [0.1, 0.15) is 0 Å². The van der Waals surface area contributed by atoms with E-state index < -0.39 is 0 Å². The smallest absolute Gasteiger partial charge is 0.0189 e. The van der Waals surface area contributed by atoms with Crippen molar-refractivity contribution in [2.24, 2.45) is 11.5 Å². The summed E-state index contributed by atoms with van der Waals surface area (Å²) in [5, 5.41) is 2.14. The summed E-state index contributed by atoms with van der Waals surface area (Å²) in [5.41, 5.74) is 15.7. The number of benzene rings is 2. The van der Waals surface area contributed by atoms with E-state index in [2.05, 4.69) is 43.7 Å². The number of nitrogens with two attached hydrogens (primary N) is 2. The second-order valence-corrected chi connectivity index (χ2v) is 6.62. The largest absolute Gasteiger partial charge is 0.326 e. The minimum absolute atomic E-state index is 0.